The molecule has 1 amide bonds. The molecule has 2 aromatic carbocycles. The Morgan fingerprint density at radius 1 is 1.18 bits per heavy atom. The number of ether oxygens (including phenoxy) is 1. The topological polar surface area (TPSA) is 92.1 Å². The highest BCUT2D eigenvalue weighted by molar-refractivity contribution is 6.30. The maximum atomic E-state index is 13.4. The summed E-state index contributed by atoms with van der Waals surface area (Å²) in [5, 5.41) is 15.8. The maximum absolute atomic E-state index is 13.4. The van der Waals surface area contributed by atoms with Gasteiger partial charge in [0.15, 0.2) is 0 Å². The standard InChI is InChI=1S/C24H21ClFN3O4/c1-33-17-10-7-15-11-18(24(25)27-19(15)12-17)21-13-20(14-5-8-16(26)9-6-14)28-29(21)22(30)3-2-4-23(31)32/h5-12,21H,2-4,13H2,1H3,(H,31,32). The lowest BCUT2D eigenvalue weighted by atomic mass is 9.98. The second-order valence-corrected chi connectivity index (χ2v) is 8.04. The Balaban J connectivity index is 1.69. The number of hydrogen-bond donors (Lipinski definition) is 1. The number of halogens is 2. The molecule has 1 aliphatic heterocycles. The summed E-state index contributed by atoms with van der Waals surface area (Å²) < 4.78 is 18.6. The van der Waals surface area contributed by atoms with Gasteiger partial charge in [-0.15, -0.1) is 0 Å². The first-order valence-electron chi connectivity index (χ1n) is 10.4. The van der Waals surface area contributed by atoms with Crippen LogP contribution in [0.2, 0.25) is 5.15 Å². The summed E-state index contributed by atoms with van der Waals surface area (Å²) in [4.78, 5) is 28.3. The molecule has 7 nitrogen and oxygen atoms in total. The van der Waals surface area contributed by atoms with Gasteiger partial charge in [-0.3, -0.25) is 9.59 Å². The Kier molecular flexibility index (Phi) is 6.55. The van der Waals surface area contributed by atoms with Gasteiger partial charge in [-0.2, -0.15) is 5.10 Å². The molecular weight excluding hydrogens is 449 g/mol. The van der Waals surface area contributed by atoms with E-state index in [1.165, 1.54) is 17.1 Å². The molecule has 2 heterocycles. The molecule has 1 aliphatic rings. The third kappa shape index (κ3) is 4.96. The molecular formula is C24H21ClFN3O4. The van der Waals surface area contributed by atoms with Gasteiger partial charge in [-0.25, -0.2) is 14.4 Å². The van der Waals surface area contributed by atoms with Crippen LogP contribution in [0, 0.1) is 5.82 Å². The molecule has 170 valence electrons. The Bertz CT molecular complexity index is 1250. The highest BCUT2D eigenvalue weighted by Crippen LogP contribution is 2.38. The third-order valence-corrected chi connectivity index (χ3v) is 5.79. The number of pyridine rings is 1. The Labute approximate surface area is 194 Å². The number of nitrogens with zero attached hydrogens (tertiary/aromatic N) is 3. The predicted molar refractivity (Wildman–Crippen MR) is 122 cm³/mol. The van der Waals surface area contributed by atoms with Gasteiger partial charge in [0.25, 0.3) is 0 Å². The van der Waals surface area contributed by atoms with Crippen LogP contribution in [0.4, 0.5) is 4.39 Å². The molecule has 0 spiro atoms. The smallest absolute Gasteiger partial charge is 0.303 e. The predicted octanol–water partition coefficient (Wildman–Crippen LogP) is 4.97. The van der Waals surface area contributed by atoms with Crippen LogP contribution in [0.3, 0.4) is 0 Å². The van der Waals surface area contributed by atoms with Gasteiger partial charge in [0.05, 0.1) is 24.4 Å². The molecule has 0 bridgehead atoms. The molecule has 1 unspecified atom stereocenters. The Morgan fingerprint density at radius 2 is 1.94 bits per heavy atom. The number of carbonyl (C=O) groups excluding carboxylic acids is 1. The van der Waals surface area contributed by atoms with Crippen LogP contribution in [0.5, 0.6) is 5.75 Å². The van der Waals surface area contributed by atoms with Crippen LogP contribution in [-0.2, 0) is 9.59 Å². The lowest BCUT2D eigenvalue weighted by molar-refractivity contribution is -0.137. The van der Waals surface area contributed by atoms with Crippen molar-refractivity contribution in [1.29, 1.82) is 0 Å². The molecule has 3 aromatic rings. The van der Waals surface area contributed by atoms with E-state index in [0.717, 1.165) is 5.39 Å². The summed E-state index contributed by atoms with van der Waals surface area (Å²) in [5.74, 6) is -0.998. The van der Waals surface area contributed by atoms with E-state index < -0.39 is 12.0 Å². The number of aliphatic carboxylic acids is 1. The number of carboxylic acids is 1. The SMILES string of the molecule is COc1ccc2cc(C3CC(c4ccc(F)cc4)=NN3C(=O)CCCC(=O)O)c(Cl)nc2c1. The Morgan fingerprint density at radius 3 is 2.64 bits per heavy atom. The van der Waals surface area contributed by atoms with Crippen molar-refractivity contribution in [2.75, 3.05) is 7.11 Å². The maximum Gasteiger partial charge on any atom is 0.303 e. The van der Waals surface area contributed by atoms with Crippen LogP contribution in [0.25, 0.3) is 10.9 Å². The van der Waals surface area contributed by atoms with Crippen molar-refractivity contribution in [1.82, 2.24) is 9.99 Å². The van der Waals surface area contributed by atoms with Crippen LogP contribution >= 0.6 is 11.6 Å². The number of benzene rings is 2. The first-order valence-corrected chi connectivity index (χ1v) is 10.7. The number of amides is 1. The average molecular weight is 470 g/mol. The number of fused-ring (bicyclic) bond motifs is 1. The number of hydrazone groups is 1. The van der Waals surface area contributed by atoms with Crippen LogP contribution in [-0.4, -0.2) is 39.8 Å². The zero-order chi connectivity index (χ0) is 23.5. The van der Waals surface area contributed by atoms with Crippen LogP contribution in [0.15, 0.2) is 53.6 Å². The summed E-state index contributed by atoms with van der Waals surface area (Å²) in [6, 6.07) is 12.7. The second kappa shape index (κ2) is 9.54. The number of carboxylic acid groups (broad SMARTS) is 1. The van der Waals surface area contributed by atoms with Crippen LogP contribution in [0.1, 0.15) is 42.9 Å². The lowest BCUT2D eigenvalue weighted by Crippen LogP contribution is -2.27. The van der Waals surface area contributed by atoms with Gasteiger partial charge in [0, 0.05) is 36.3 Å². The summed E-state index contributed by atoms with van der Waals surface area (Å²) in [6.07, 6.45) is 0.472. The first-order chi connectivity index (χ1) is 15.9. The van der Waals surface area contributed by atoms with Crippen molar-refractivity contribution in [2.45, 2.75) is 31.7 Å². The van der Waals surface area contributed by atoms with Crippen molar-refractivity contribution in [2.24, 2.45) is 5.10 Å². The van der Waals surface area contributed by atoms with Gasteiger partial charge < -0.3 is 9.84 Å². The molecule has 1 aromatic heterocycles. The Hall–Kier alpha value is -3.52. The lowest BCUT2D eigenvalue weighted by Gasteiger charge is -2.23. The van der Waals surface area contributed by atoms with E-state index in [4.69, 9.17) is 21.4 Å². The van der Waals surface area contributed by atoms with E-state index in [1.807, 2.05) is 18.2 Å². The molecule has 0 radical (unpaired) electrons. The minimum atomic E-state index is -0.964. The number of methoxy groups -OCH3 is 1. The fourth-order valence-electron chi connectivity index (χ4n) is 3.81. The number of aromatic nitrogens is 1. The van der Waals surface area contributed by atoms with Crippen molar-refractivity contribution in [3.63, 3.8) is 0 Å². The monoisotopic (exact) mass is 469 g/mol. The van der Waals surface area contributed by atoms with E-state index >= 15 is 0 Å². The van der Waals surface area contributed by atoms with Gasteiger partial charge in [-0.1, -0.05) is 23.7 Å². The molecule has 0 fully saturated rings. The number of hydrogen-bond acceptors (Lipinski definition) is 5. The largest absolute Gasteiger partial charge is 0.497 e. The van der Waals surface area contributed by atoms with Gasteiger partial charge in [0.1, 0.15) is 16.7 Å². The second-order valence-electron chi connectivity index (χ2n) is 7.69. The van der Waals surface area contributed by atoms with Crippen LogP contribution < -0.4 is 4.74 Å². The van der Waals surface area contributed by atoms with Crippen molar-refractivity contribution < 1.29 is 23.8 Å². The highest BCUT2D eigenvalue weighted by atomic mass is 35.5. The average Bonchev–Trinajstić information content (AvgIpc) is 3.23. The van der Waals surface area contributed by atoms with E-state index in [-0.39, 0.29) is 36.1 Å². The summed E-state index contributed by atoms with van der Waals surface area (Å²) in [6.45, 7) is 0. The summed E-state index contributed by atoms with van der Waals surface area (Å²) in [7, 11) is 1.57. The fourth-order valence-corrected chi connectivity index (χ4v) is 4.08. The van der Waals surface area contributed by atoms with Gasteiger partial charge in [-0.05, 0) is 42.3 Å². The van der Waals surface area contributed by atoms with E-state index in [1.54, 1.807) is 25.3 Å². The van der Waals surface area contributed by atoms with Crippen molar-refractivity contribution in [3.05, 3.63) is 70.6 Å². The van der Waals surface area contributed by atoms with Crippen molar-refractivity contribution in [3.8, 4) is 5.75 Å². The molecule has 1 atom stereocenters. The zero-order valence-corrected chi connectivity index (χ0v) is 18.6. The zero-order valence-electron chi connectivity index (χ0n) is 17.8. The number of rotatable bonds is 7. The van der Waals surface area contributed by atoms with E-state index in [9.17, 15) is 14.0 Å². The third-order valence-electron chi connectivity index (χ3n) is 5.49. The fraction of sp³-hybridized carbons (Fsp3) is 0.250. The quantitative estimate of drug-likeness (QED) is 0.493. The molecule has 1 N–H and O–H groups in total. The minimum absolute atomic E-state index is 0.0266. The first kappa shape index (κ1) is 22.7. The van der Waals surface area contributed by atoms with Gasteiger partial charge >= 0.3 is 5.97 Å². The molecule has 0 aliphatic carbocycles. The van der Waals surface area contributed by atoms with E-state index in [2.05, 4.69) is 10.1 Å². The molecule has 9 heteroatoms. The van der Waals surface area contributed by atoms with Gasteiger partial charge in [0.2, 0.25) is 5.91 Å². The van der Waals surface area contributed by atoms with E-state index in [0.29, 0.717) is 34.5 Å². The molecule has 33 heavy (non-hydrogen) atoms. The molecule has 0 saturated heterocycles. The summed E-state index contributed by atoms with van der Waals surface area (Å²) >= 11 is 6.54. The minimum Gasteiger partial charge on any atom is -0.497 e. The molecule has 0 saturated carbocycles. The molecule has 4 rings (SSSR count). The summed E-state index contributed by atoms with van der Waals surface area (Å²) in [5.41, 5.74) is 2.58. The highest BCUT2D eigenvalue weighted by Gasteiger charge is 2.34. The normalized spacial score (nSPS) is 15.5. The van der Waals surface area contributed by atoms with Crippen molar-refractivity contribution >= 4 is 40.1 Å². The number of carbonyl (C=O) groups is 2.